The standard InChI is InChI=1S/C18H13N5O6/c1-22-11(9-13(24)19-17(28)20-14(9)25)7-5-3-4-6-8(7)12(22)10-15(26)21-18(29)23(2)16(10)27/h3-6H,1-2H3,(H,21,26,29)(H2,19,20,24,25,28)/b12-10+. The van der Waals surface area contributed by atoms with Crippen LogP contribution >= 0.6 is 0 Å². The number of amides is 8. The van der Waals surface area contributed by atoms with E-state index < -0.39 is 35.7 Å². The summed E-state index contributed by atoms with van der Waals surface area (Å²) in [5, 5.41) is 7.15. The number of fused-ring (bicyclic) bond motifs is 1. The molecule has 0 unspecified atom stereocenters. The second kappa shape index (κ2) is 6.12. The molecule has 2 aromatic rings. The van der Waals surface area contributed by atoms with E-state index in [0.29, 0.717) is 10.8 Å². The molecule has 146 valence electrons. The number of carbonyl (C=O) groups excluding carboxylic acids is 6. The molecule has 8 amide bonds. The van der Waals surface area contributed by atoms with Crippen molar-refractivity contribution in [3.63, 3.8) is 0 Å². The van der Waals surface area contributed by atoms with Gasteiger partial charge in [-0.1, -0.05) is 24.3 Å². The lowest BCUT2D eigenvalue weighted by molar-refractivity contribution is -0.126. The Bertz CT molecular complexity index is 1300. The van der Waals surface area contributed by atoms with Crippen molar-refractivity contribution in [2.75, 3.05) is 7.05 Å². The molecule has 1 aromatic heterocycles. The van der Waals surface area contributed by atoms with Crippen molar-refractivity contribution in [2.24, 2.45) is 7.05 Å². The molecule has 2 aliphatic heterocycles. The quantitative estimate of drug-likeness (QED) is 0.451. The van der Waals surface area contributed by atoms with Crippen molar-refractivity contribution in [1.82, 2.24) is 25.4 Å². The van der Waals surface area contributed by atoms with E-state index in [1.807, 2.05) is 10.6 Å². The minimum atomic E-state index is -0.946. The third-order valence-electron chi connectivity index (χ3n) is 4.76. The van der Waals surface area contributed by atoms with Gasteiger partial charge in [-0.15, -0.1) is 0 Å². The average molecular weight is 395 g/mol. The fourth-order valence-corrected chi connectivity index (χ4v) is 3.46. The van der Waals surface area contributed by atoms with E-state index in [0.717, 1.165) is 4.90 Å². The minimum absolute atomic E-state index is 0.116. The molecule has 0 radical (unpaired) electrons. The Labute approximate surface area is 161 Å². The van der Waals surface area contributed by atoms with Crippen LogP contribution in [-0.4, -0.2) is 52.2 Å². The first kappa shape index (κ1) is 18.1. The molecule has 3 N–H and O–H groups in total. The third-order valence-corrected chi connectivity index (χ3v) is 4.76. The highest BCUT2D eigenvalue weighted by molar-refractivity contribution is 6.47. The summed E-state index contributed by atoms with van der Waals surface area (Å²) in [5.74, 6) is -3.54. The van der Waals surface area contributed by atoms with Gasteiger partial charge in [0.15, 0.2) is 0 Å². The van der Waals surface area contributed by atoms with Crippen molar-refractivity contribution in [1.29, 1.82) is 0 Å². The van der Waals surface area contributed by atoms with Crippen LogP contribution in [0.1, 0.15) is 0 Å². The van der Waals surface area contributed by atoms with Crippen molar-refractivity contribution in [3.05, 3.63) is 35.0 Å². The van der Waals surface area contributed by atoms with E-state index in [2.05, 4.69) is 5.32 Å². The summed E-state index contributed by atoms with van der Waals surface area (Å²) in [6.07, 6.45) is 0. The van der Waals surface area contributed by atoms with Gasteiger partial charge in [0.25, 0.3) is 23.6 Å². The molecule has 0 atom stereocenters. The summed E-state index contributed by atoms with van der Waals surface area (Å²) in [7, 11) is 2.69. The van der Waals surface area contributed by atoms with Gasteiger partial charge in [-0.05, 0) is 0 Å². The van der Waals surface area contributed by atoms with Gasteiger partial charge in [-0.2, -0.15) is 0 Å². The zero-order valence-electron chi connectivity index (χ0n) is 15.2. The number of barbiturate groups is 2. The normalized spacial score (nSPS) is 19.5. The Hall–Kier alpha value is -4.28. The zero-order chi connectivity index (χ0) is 21.0. The second-order valence-corrected chi connectivity index (χ2v) is 6.41. The van der Waals surface area contributed by atoms with Crippen LogP contribution in [0.3, 0.4) is 0 Å². The number of aromatic nitrogens is 1. The number of hydrogen-bond donors (Lipinski definition) is 3. The highest BCUT2D eigenvalue weighted by atomic mass is 16.2. The van der Waals surface area contributed by atoms with Crippen molar-refractivity contribution in [2.45, 2.75) is 0 Å². The summed E-state index contributed by atoms with van der Waals surface area (Å²) in [4.78, 5) is 73.8. The third kappa shape index (κ3) is 2.51. The summed E-state index contributed by atoms with van der Waals surface area (Å²) in [5.41, 5.74) is -0.659. The van der Waals surface area contributed by atoms with Crippen LogP contribution in [0.25, 0.3) is 21.9 Å². The molecule has 0 saturated carbocycles. The van der Waals surface area contributed by atoms with Gasteiger partial charge >= 0.3 is 12.1 Å². The van der Waals surface area contributed by atoms with Gasteiger partial charge in [-0.3, -0.25) is 40.0 Å². The Morgan fingerprint density at radius 3 is 1.72 bits per heavy atom. The fourth-order valence-electron chi connectivity index (χ4n) is 3.46. The monoisotopic (exact) mass is 395 g/mol. The second-order valence-electron chi connectivity index (χ2n) is 6.41. The van der Waals surface area contributed by atoms with Crippen LogP contribution in [0.15, 0.2) is 24.3 Å². The molecule has 0 bridgehead atoms. The number of urea groups is 2. The lowest BCUT2D eigenvalue weighted by Crippen LogP contribution is -2.55. The fraction of sp³-hybridized carbons (Fsp3) is 0.111. The maximum absolute atomic E-state index is 12.7. The van der Waals surface area contributed by atoms with E-state index in [9.17, 15) is 28.8 Å². The number of imide groups is 4. The van der Waals surface area contributed by atoms with E-state index in [4.69, 9.17) is 0 Å². The van der Waals surface area contributed by atoms with E-state index in [1.165, 1.54) is 18.7 Å². The molecule has 2 fully saturated rings. The highest BCUT2D eigenvalue weighted by Crippen LogP contribution is 2.13. The minimum Gasteiger partial charge on any atom is -0.342 e. The lowest BCUT2D eigenvalue weighted by Gasteiger charge is -2.22. The molecule has 11 nitrogen and oxygen atoms in total. The van der Waals surface area contributed by atoms with E-state index >= 15 is 0 Å². The van der Waals surface area contributed by atoms with Crippen LogP contribution in [0.4, 0.5) is 9.59 Å². The molecule has 3 heterocycles. The number of nitrogens with one attached hydrogen (secondary N) is 3. The first-order chi connectivity index (χ1) is 13.7. The van der Waals surface area contributed by atoms with Gasteiger partial charge in [0, 0.05) is 24.9 Å². The first-order valence-electron chi connectivity index (χ1n) is 8.34. The molecular weight excluding hydrogens is 382 g/mol. The predicted octanol–water partition coefficient (Wildman–Crippen LogP) is -2.45. The number of benzene rings is 1. The Morgan fingerprint density at radius 1 is 0.690 bits per heavy atom. The van der Waals surface area contributed by atoms with Crippen molar-refractivity contribution < 1.29 is 28.8 Å². The maximum Gasteiger partial charge on any atom is 0.331 e. The molecule has 29 heavy (non-hydrogen) atoms. The van der Waals surface area contributed by atoms with Crippen LogP contribution in [0.2, 0.25) is 0 Å². The Balaban J connectivity index is 2.22. The maximum atomic E-state index is 12.7. The molecule has 2 aliphatic rings. The van der Waals surface area contributed by atoms with Gasteiger partial charge in [-0.25, -0.2) is 9.59 Å². The average Bonchev–Trinajstić information content (AvgIpc) is 2.92. The highest BCUT2D eigenvalue weighted by Gasteiger charge is 2.36. The number of hydrogen-bond acceptors (Lipinski definition) is 6. The predicted molar refractivity (Wildman–Crippen MR) is 97.0 cm³/mol. The molecule has 1 aromatic carbocycles. The summed E-state index contributed by atoms with van der Waals surface area (Å²) in [6.45, 7) is 0. The number of nitrogens with zero attached hydrogens (tertiary/aromatic N) is 2. The summed E-state index contributed by atoms with van der Waals surface area (Å²) < 4.78 is 1.35. The van der Waals surface area contributed by atoms with Crippen molar-refractivity contribution in [3.8, 4) is 0 Å². The zero-order valence-corrected chi connectivity index (χ0v) is 15.2. The van der Waals surface area contributed by atoms with Gasteiger partial charge in [0.2, 0.25) is 0 Å². The summed E-state index contributed by atoms with van der Waals surface area (Å²) >= 11 is 0. The van der Waals surface area contributed by atoms with Crippen LogP contribution < -0.4 is 26.6 Å². The number of rotatable bonds is 0. The topological polar surface area (TPSA) is 147 Å². The molecular formula is C18H13N5O6. The van der Waals surface area contributed by atoms with Crippen LogP contribution in [-0.2, 0) is 26.2 Å². The molecule has 4 rings (SSSR count). The van der Waals surface area contributed by atoms with Crippen LogP contribution in [0.5, 0.6) is 0 Å². The first-order valence-corrected chi connectivity index (χ1v) is 8.34. The molecule has 0 spiro atoms. The van der Waals surface area contributed by atoms with Crippen molar-refractivity contribution >= 4 is 57.6 Å². The van der Waals surface area contributed by atoms with Gasteiger partial charge < -0.3 is 4.57 Å². The molecule has 11 heteroatoms. The van der Waals surface area contributed by atoms with E-state index in [-0.39, 0.29) is 21.8 Å². The largest absolute Gasteiger partial charge is 0.342 e. The molecule has 2 saturated heterocycles. The smallest absolute Gasteiger partial charge is 0.331 e. The van der Waals surface area contributed by atoms with Gasteiger partial charge in [0.05, 0.1) is 10.7 Å². The van der Waals surface area contributed by atoms with Crippen LogP contribution in [0, 0.1) is 0 Å². The Morgan fingerprint density at radius 2 is 1.17 bits per heavy atom. The SMILES string of the molecule is CN1C(=O)NC(=O)/C(=c2/c3ccccc3c(=C3C(=O)NC(=O)NC3=O)n2C)C1=O. The molecule has 0 aliphatic carbocycles. The van der Waals surface area contributed by atoms with Gasteiger partial charge in [0.1, 0.15) is 11.1 Å². The Kier molecular flexibility index (Phi) is 3.82. The summed E-state index contributed by atoms with van der Waals surface area (Å²) in [6, 6.07) is 4.73. The number of carbonyl (C=O) groups is 6. The lowest BCUT2D eigenvalue weighted by atomic mass is 10.1. The van der Waals surface area contributed by atoms with E-state index in [1.54, 1.807) is 24.3 Å².